The van der Waals surface area contributed by atoms with Gasteiger partial charge in [-0.15, -0.1) is 0 Å². The summed E-state index contributed by atoms with van der Waals surface area (Å²) in [6.45, 7) is 6.93. The Kier molecular flexibility index (Phi) is 3.13. The lowest BCUT2D eigenvalue weighted by molar-refractivity contribution is -0.0762. The van der Waals surface area contributed by atoms with Crippen molar-refractivity contribution in [2.45, 2.75) is 45.6 Å². The summed E-state index contributed by atoms with van der Waals surface area (Å²) in [5, 5.41) is 0. The van der Waals surface area contributed by atoms with Gasteiger partial charge in [-0.05, 0) is 40.0 Å². The van der Waals surface area contributed by atoms with Crippen LogP contribution in [0.15, 0.2) is 0 Å². The van der Waals surface area contributed by atoms with Crippen LogP contribution < -0.4 is 0 Å². The number of aromatic amines is 1. The number of aryl methyl sites for hydroxylation is 1. The van der Waals surface area contributed by atoms with Crippen LogP contribution in [0.3, 0.4) is 0 Å². The average molecular weight is 238 g/mol. The number of ether oxygens (including phenoxy) is 1. The highest BCUT2D eigenvalue weighted by atomic mass is 32.1. The van der Waals surface area contributed by atoms with Gasteiger partial charge < -0.3 is 9.72 Å². The van der Waals surface area contributed by atoms with E-state index in [-0.39, 0.29) is 5.60 Å². The zero-order valence-corrected chi connectivity index (χ0v) is 10.9. The predicted octanol–water partition coefficient (Wildman–Crippen LogP) is 3.17. The van der Waals surface area contributed by atoms with Crippen LogP contribution in [0.5, 0.6) is 0 Å². The summed E-state index contributed by atoms with van der Waals surface area (Å²) in [7, 11) is 0. The third kappa shape index (κ3) is 2.04. The molecule has 1 atom stereocenters. The van der Waals surface area contributed by atoms with Gasteiger partial charge in [0.2, 0.25) is 0 Å². The third-order valence-electron chi connectivity index (χ3n) is 3.37. The van der Waals surface area contributed by atoms with Crippen LogP contribution in [-0.2, 0) is 10.3 Å². The minimum atomic E-state index is -0.287. The van der Waals surface area contributed by atoms with Crippen molar-refractivity contribution in [2.24, 2.45) is 0 Å². The van der Waals surface area contributed by atoms with Gasteiger partial charge >= 0.3 is 0 Å². The van der Waals surface area contributed by atoms with Gasteiger partial charge in [0.25, 0.3) is 0 Å². The summed E-state index contributed by atoms with van der Waals surface area (Å²) < 4.78 is 6.54. The SMILES string of the molecule is Cc1[nH]c(C2(C)CCCCO2)nc(=S)c1C. The second-order valence-corrected chi connectivity index (χ2v) is 5.06. The number of hydrogen-bond donors (Lipinski definition) is 1. The molecule has 1 N–H and O–H groups in total. The van der Waals surface area contributed by atoms with Gasteiger partial charge in [0.15, 0.2) is 0 Å². The normalized spacial score (nSPS) is 25.7. The molecule has 1 aromatic heterocycles. The summed E-state index contributed by atoms with van der Waals surface area (Å²) in [5.41, 5.74) is 1.85. The van der Waals surface area contributed by atoms with Crippen molar-refractivity contribution in [1.82, 2.24) is 9.97 Å². The molecular formula is C12H18N2OS. The summed E-state index contributed by atoms with van der Waals surface area (Å²) in [6, 6.07) is 0. The predicted molar refractivity (Wildman–Crippen MR) is 66.1 cm³/mol. The van der Waals surface area contributed by atoms with Crippen LogP contribution in [0.4, 0.5) is 0 Å². The number of H-pyrrole nitrogens is 1. The van der Waals surface area contributed by atoms with Gasteiger partial charge in [0, 0.05) is 17.9 Å². The molecule has 3 nitrogen and oxygen atoms in total. The van der Waals surface area contributed by atoms with Crippen LogP contribution in [0.25, 0.3) is 0 Å². The first-order valence-electron chi connectivity index (χ1n) is 5.75. The molecule has 1 saturated heterocycles. The quantitative estimate of drug-likeness (QED) is 0.764. The van der Waals surface area contributed by atoms with Gasteiger partial charge in [-0.25, -0.2) is 4.98 Å². The van der Waals surface area contributed by atoms with Gasteiger partial charge in [-0.3, -0.25) is 0 Å². The highest BCUT2D eigenvalue weighted by molar-refractivity contribution is 7.71. The first kappa shape index (κ1) is 11.7. The van der Waals surface area contributed by atoms with E-state index in [1.54, 1.807) is 0 Å². The zero-order valence-electron chi connectivity index (χ0n) is 10.1. The Bertz CT molecular complexity index is 447. The Morgan fingerprint density at radius 3 is 2.69 bits per heavy atom. The van der Waals surface area contributed by atoms with Crippen molar-refractivity contribution >= 4 is 12.2 Å². The molecule has 2 rings (SSSR count). The Hall–Kier alpha value is -0.740. The van der Waals surface area contributed by atoms with E-state index in [2.05, 4.69) is 16.9 Å². The maximum absolute atomic E-state index is 5.86. The molecule has 0 aliphatic carbocycles. The van der Waals surface area contributed by atoms with E-state index in [0.717, 1.165) is 36.5 Å². The van der Waals surface area contributed by atoms with Crippen LogP contribution >= 0.6 is 12.2 Å². The summed E-state index contributed by atoms with van der Waals surface area (Å²) >= 11 is 5.26. The second kappa shape index (κ2) is 4.26. The van der Waals surface area contributed by atoms with E-state index in [0.29, 0.717) is 4.64 Å². The molecule has 0 amide bonds. The number of nitrogens with zero attached hydrogens (tertiary/aromatic N) is 1. The van der Waals surface area contributed by atoms with Crippen molar-refractivity contribution < 1.29 is 4.74 Å². The maximum atomic E-state index is 5.86. The molecule has 0 aromatic carbocycles. The lowest BCUT2D eigenvalue weighted by Crippen LogP contribution is -2.32. The standard InChI is InChI=1S/C12H18N2OS/c1-8-9(2)13-11(14-10(8)16)12(3)6-4-5-7-15-12/h4-7H2,1-3H3,(H,13,14,16). The highest BCUT2D eigenvalue weighted by Gasteiger charge is 2.32. The van der Waals surface area contributed by atoms with E-state index >= 15 is 0 Å². The van der Waals surface area contributed by atoms with Gasteiger partial charge in [0.1, 0.15) is 16.1 Å². The van der Waals surface area contributed by atoms with E-state index in [1.165, 1.54) is 6.42 Å². The lowest BCUT2D eigenvalue weighted by Gasteiger charge is -2.33. The van der Waals surface area contributed by atoms with Crippen LogP contribution in [0, 0.1) is 18.5 Å². The molecule has 16 heavy (non-hydrogen) atoms. The van der Waals surface area contributed by atoms with Gasteiger partial charge in [0.05, 0.1) is 0 Å². The number of rotatable bonds is 1. The summed E-state index contributed by atoms with van der Waals surface area (Å²) in [4.78, 5) is 7.79. The average Bonchev–Trinajstić information content (AvgIpc) is 2.26. The number of nitrogens with one attached hydrogen (secondary N) is 1. The second-order valence-electron chi connectivity index (χ2n) is 4.68. The maximum Gasteiger partial charge on any atom is 0.140 e. The third-order valence-corrected chi connectivity index (χ3v) is 3.77. The zero-order chi connectivity index (χ0) is 11.8. The van der Waals surface area contributed by atoms with E-state index in [9.17, 15) is 0 Å². The first-order chi connectivity index (χ1) is 7.53. The molecule has 2 heterocycles. The molecule has 1 aromatic rings. The molecule has 1 unspecified atom stereocenters. The monoisotopic (exact) mass is 238 g/mol. The minimum Gasteiger partial charge on any atom is -0.367 e. The number of aromatic nitrogens is 2. The fraction of sp³-hybridized carbons (Fsp3) is 0.667. The first-order valence-corrected chi connectivity index (χ1v) is 6.16. The van der Waals surface area contributed by atoms with Crippen molar-refractivity contribution in [3.8, 4) is 0 Å². The summed E-state index contributed by atoms with van der Waals surface area (Å²) in [5.74, 6) is 0.875. The smallest absolute Gasteiger partial charge is 0.140 e. The van der Waals surface area contributed by atoms with Crippen molar-refractivity contribution in [3.63, 3.8) is 0 Å². The molecule has 1 aliphatic rings. The van der Waals surface area contributed by atoms with Crippen LogP contribution in [0.2, 0.25) is 0 Å². The largest absolute Gasteiger partial charge is 0.367 e. The molecular weight excluding hydrogens is 220 g/mol. The molecule has 0 saturated carbocycles. The molecule has 0 radical (unpaired) electrons. The summed E-state index contributed by atoms with van der Waals surface area (Å²) in [6.07, 6.45) is 3.33. The van der Waals surface area contributed by atoms with Crippen molar-refractivity contribution in [1.29, 1.82) is 0 Å². The van der Waals surface area contributed by atoms with E-state index in [1.807, 2.05) is 13.8 Å². The number of hydrogen-bond acceptors (Lipinski definition) is 3. The van der Waals surface area contributed by atoms with Gasteiger partial charge in [-0.2, -0.15) is 0 Å². The Labute approximate surface area is 101 Å². The van der Waals surface area contributed by atoms with Gasteiger partial charge in [-0.1, -0.05) is 12.2 Å². The van der Waals surface area contributed by atoms with E-state index < -0.39 is 0 Å². The minimum absolute atomic E-state index is 0.287. The Balaban J connectivity index is 2.43. The van der Waals surface area contributed by atoms with E-state index in [4.69, 9.17) is 17.0 Å². The molecule has 1 fully saturated rings. The lowest BCUT2D eigenvalue weighted by atomic mass is 9.95. The molecule has 1 aliphatic heterocycles. The highest BCUT2D eigenvalue weighted by Crippen LogP contribution is 2.32. The molecule has 4 heteroatoms. The van der Waals surface area contributed by atoms with Crippen molar-refractivity contribution in [2.75, 3.05) is 6.61 Å². The molecule has 0 spiro atoms. The molecule has 88 valence electrons. The van der Waals surface area contributed by atoms with Crippen molar-refractivity contribution in [3.05, 3.63) is 21.7 Å². The Morgan fingerprint density at radius 1 is 1.38 bits per heavy atom. The topological polar surface area (TPSA) is 37.9 Å². The van der Waals surface area contributed by atoms with Crippen LogP contribution in [0.1, 0.15) is 43.3 Å². The Morgan fingerprint density at radius 2 is 2.12 bits per heavy atom. The van der Waals surface area contributed by atoms with Crippen LogP contribution in [-0.4, -0.2) is 16.6 Å². The molecule has 0 bridgehead atoms. The fourth-order valence-electron chi connectivity index (χ4n) is 2.02. The fourth-order valence-corrected chi connectivity index (χ4v) is 2.26.